The SMILES string of the molecule is O=C(NCC[NH+]1CCOCC1)c1cc(Cl)ccc1OCc1ccccc1. The molecular weight excluding hydrogens is 352 g/mol. The van der Waals surface area contributed by atoms with Gasteiger partial charge in [0.1, 0.15) is 25.4 Å². The maximum Gasteiger partial charge on any atom is 0.255 e. The van der Waals surface area contributed by atoms with E-state index in [1.807, 2.05) is 30.3 Å². The zero-order valence-electron chi connectivity index (χ0n) is 14.7. The average Bonchev–Trinajstić information content (AvgIpc) is 2.68. The van der Waals surface area contributed by atoms with Crippen molar-refractivity contribution in [1.82, 2.24) is 5.32 Å². The molecule has 2 N–H and O–H groups in total. The second-order valence-electron chi connectivity index (χ2n) is 6.28. The van der Waals surface area contributed by atoms with Crippen LogP contribution >= 0.6 is 11.6 Å². The zero-order chi connectivity index (χ0) is 18.2. The molecule has 0 atom stereocenters. The number of ether oxygens (including phenoxy) is 2. The quantitative estimate of drug-likeness (QED) is 0.772. The summed E-state index contributed by atoms with van der Waals surface area (Å²) in [6.07, 6.45) is 0. The van der Waals surface area contributed by atoms with Crippen LogP contribution in [0.3, 0.4) is 0 Å². The van der Waals surface area contributed by atoms with Gasteiger partial charge in [-0.05, 0) is 23.8 Å². The van der Waals surface area contributed by atoms with Crippen molar-refractivity contribution in [2.75, 3.05) is 39.4 Å². The highest BCUT2D eigenvalue weighted by Gasteiger charge is 2.16. The maximum atomic E-state index is 12.6. The summed E-state index contributed by atoms with van der Waals surface area (Å²) in [5.41, 5.74) is 1.51. The van der Waals surface area contributed by atoms with Crippen LogP contribution in [0.2, 0.25) is 5.02 Å². The van der Waals surface area contributed by atoms with Crippen molar-refractivity contribution < 1.29 is 19.2 Å². The van der Waals surface area contributed by atoms with E-state index in [9.17, 15) is 4.79 Å². The molecule has 1 saturated heterocycles. The standard InChI is InChI=1S/C20H23ClN2O3/c21-17-6-7-19(26-15-16-4-2-1-3-5-16)18(14-17)20(24)22-8-9-23-10-12-25-13-11-23/h1-7,14H,8-13,15H2,(H,22,24)/p+1. The molecule has 1 aliphatic heterocycles. The minimum absolute atomic E-state index is 0.164. The molecule has 138 valence electrons. The molecular formula is C20H24ClN2O3+. The summed E-state index contributed by atoms with van der Waals surface area (Å²) in [4.78, 5) is 14.0. The smallest absolute Gasteiger partial charge is 0.255 e. The van der Waals surface area contributed by atoms with Crippen molar-refractivity contribution >= 4 is 17.5 Å². The van der Waals surface area contributed by atoms with E-state index in [2.05, 4.69) is 5.32 Å². The minimum atomic E-state index is -0.164. The molecule has 0 bridgehead atoms. The molecule has 0 aliphatic carbocycles. The van der Waals surface area contributed by atoms with E-state index in [1.54, 1.807) is 18.2 Å². The molecule has 6 heteroatoms. The Labute approximate surface area is 158 Å². The van der Waals surface area contributed by atoms with Crippen LogP contribution in [0.1, 0.15) is 15.9 Å². The molecule has 3 rings (SSSR count). The Morgan fingerprint density at radius 2 is 1.92 bits per heavy atom. The fourth-order valence-electron chi connectivity index (χ4n) is 2.90. The molecule has 1 heterocycles. The van der Waals surface area contributed by atoms with E-state index in [-0.39, 0.29) is 5.91 Å². The first-order valence-corrected chi connectivity index (χ1v) is 9.26. The van der Waals surface area contributed by atoms with Gasteiger partial charge in [-0.15, -0.1) is 0 Å². The Kier molecular flexibility index (Phi) is 6.89. The van der Waals surface area contributed by atoms with Crippen LogP contribution in [-0.2, 0) is 11.3 Å². The summed E-state index contributed by atoms with van der Waals surface area (Å²) in [5, 5.41) is 3.49. The Hall–Kier alpha value is -2.08. The third kappa shape index (κ3) is 5.46. The van der Waals surface area contributed by atoms with Crippen LogP contribution in [0.15, 0.2) is 48.5 Å². The van der Waals surface area contributed by atoms with Crippen molar-refractivity contribution in [1.29, 1.82) is 0 Å². The van der Waals surface area contributed by atoms with E-state index >= 15 is 0 Å². The van der Waals surface area contributed by atoms with Crippen molar-refractivity contribution in [3.8, 4) is 5.75 Å². The molecule has 0 spiro atoms. The van der Waals surface area contributed by atoms with E-state index in [1.165, 1.54) is 4.90 Å². The molecule has 2 aromatic rings. The van der Waals surface area contributed by atoms with Gasteiger partial charge in [0.15, 0.2) is 0 Å². The van der Waals surface area contributed by atoms with Gasteiger partial charge in [0.05, 0.1) is 31.9 Å². The minimum Gasteiger partial charge on any atom is -0.488 e. The van der Waals surface area contributed by atoms with Gasteiger partial charge >= 0.3 is 0 Å². The number of rotatable bonds is 7. The third-order valence-corrected chi connectivity index (χ3v) is 4.62. The number of morpholine rings is 1. The lowest BCUT2D eigenvalue weighted by Crippen LogP contribution is -3.14. The van der Waals surface area contributed by atoms with Gasteiger partial charge in [0.2, 0.25) is 0 Å². The molecule has 1 aliphatic rings. The third-order valence-electron chi connectivity index (χ3n) is 4.39. The predicted octanol–water partition coefficient (Wildman–Crippen LogP) is 1.56. The summed E-state index contributed by atoms with van der Waals surface area (Å²) in [7, 11) is 0. The Bertz CT molecular complexity index is 718. The van der Waals surface area contributed by atoms with Crippen molar-refractivity contribution in [2.45, 2.75) is 6.61 Å². The number of halogens is 1. The Balaban J connectivity index is 1.58. The molecule has 5 nitrogen and oxygen atoms in total. The summed E-state index contributed by atoms with van der Waals surface area (Å²) in [6.45, 7) is 5.44. The number of carbonyl (C=O) groups is 1. The van der Waals surface area contributed by atoms with Gasteiger partial charge in [-0.2, -0.15) is 0 Å². The number of hydrogen-bond acceptors (Lipinski definition) is 3. The van der Waals surface area contributed by atoms with Crippen LogP contribution in [0.25, 0.3) is 0 Å². The van der Waals surface area contributed by atoms with E-state index < -0.39 is 0 Å². The molecule has 0 unspecified atom stereocenters. The molecule has 0 saturated carbocycles. The van der Waals surface area contributed by atoms with Crippen LogP contribution in [0.4, 0.5) is 0 Å². The van der Waals surface area contributed by atoms with Crippen molar-refractivity contribution in [3.63, 3.8) is 0 Å². The van der Waals surface area contributed by atoms with Gasteiger partial charge in [-0.1, -0.05) is 41.9 Å². The lowest BCUT2D eigenvalue weighted by atomic mass is 10.2. The largest absolute Gasteiger partial charge is 0.488 e. The first-order chi connectivity index (χ1) is 12.7. The number of nitrogens with one attached hydrogen (secondary N) is 2. The number of hydrogen-bond donors (Lipinski definition) is 2. The molecule has 1 amide bonds. The summed E-state index contributed by atoms with van der Waals surface area (Å²) in [6, 6.07) is 15.0. The van der Waals surface area contributed by atoms with Gasteiger partial charge in [-0.25, -0.2) is 0 Å². The second kappa shape index (κ2) is 9.57. The molecule has 1 fully saturated rings. The number of quaternary nitrogens is 1. The fourth-order valence-corrected chi connectivity index (χ4v) is 3.07. The Morgan fingerprint density at radius 1 is 1.15 bits per heavy atom. The second-order valence-corrected chi connectivity index (χ2v) is 6.72. The fraction of sp³-hybridized carbons (Fsp3) is 0.350. The predicted molar refractivity (Wildman–Crippen MR) is 101 cm³/mol. The lowest BCUT2D eigenvalue weighted by molar-refractivity contribution is -0.906. The Morgan fingerprint density at radius 3 is 2.69 bits per heavy atom. The van der Waals surface area contributed by atoms with Crippen LogP contribution in [0, 0.1) is 0 Å². The maximum absolute atomic E-state index is 12.6. The summed E-state index contributed by atoms with van der Waals surface area (Å²) < 4.78 is 11.2. The normalized spacial score (nSPS) is 14.8. The highest BCUT2D eigenvalue weighted by Crippen LogP contribution is 2.23. The monoisotopic (exact) mass is 375 g/mol. The number of benzene rings is 2. The van der Waals surface area contributed by atoms with Crippen molar-refractivity contribution in [3.05, 3.63) is 64.7 Å². The van der Waals surface area contributed by atoms with Crippen LogP contribution < -0.4 is 15.0 Å². The molecule has 0 radical (unpaired) electrons. The van der Waals surface area contributed by atoms with E-state index in [4.69, 9.17) is 21.1 Å². The van der Waals surface area contributed by atoms with Crippen LogP contribution in [-0.4, -0.2) is 45.3 Å². The first-order valence-electron chi connectivity index (χ1n) is 8.88. The first kappa shape index (κ1) is 18.7. The van der Waals surface area contributed by atoms with Crippen molar-refractivity contribution in [2.24, 2.45) is 0 Å². The molecule has 26 heavy (non-hydrogen) atoms. The van der Waals surface area contributed by atoms with Gasteiger partial charge < -0.3 is 19.7 Å². The van der Waals surface area contributed by atoms with E-state index in [0.29, 0.717) is 29.5 Å². The number of carbonyl (C=O) groups excluding carboxylic acids is 1. The number of amides is 1. The zero-order valence-corrected chi connectivity index (χ0v) is 15.4. The van der Waals surface area contributed by atoms with Gasteiger partial charge in [0, 0.05) is 5.02 Å². The van der Waals surface area contributed by atoms with E-state index in [0.717, 1.165) is 38.4 Å². The molecule has 0 aromatic heterocycles. The van der Waals surface area contributed by atoms with Crippen LogP contribution in [0.5, 0.6) is 5.75 Å². The molecule has 2 aromatic carbocycles. The average molecular weight is 376 g/mol. The lowest BCUT2D eigenvalue weighted by Gasteiger charge is -2.23. The topological polar surface area (TPSA) is 52.0 Å². The highest BCUT2D eigenvalue weighted by molar-refractivity contribution is 6.31. The van der Waals surface area contributed by atoms with Gasteiger partial charge in [-0.3, -0.25) is 4.79 Å². The summed E-state index contributed by atoms with van der Waals surface area (Å²) in [5.74, 6) is 0.373. The van der Waals surface area contributed by atoms with Gasteiger partial charge in [0.25, 0.3) is 5.91 Å². The highest BCUT2D eigenvalue weighted by atomic mass is 35.5. The summed E-state index contributed by atoms with van der Waals surface area (Å²) >= 11 is 6.08.